The molecule has 0 fully saturated rings. The Kier molecular flexibility index (Phi) is 18.9. The van der Waals surface area contributed by atoms with Crippen molar-refractivity contribution < 1.29 is 9.53 Å². The van der Waals surface area contributed by atoms with Crippen LogP contribution in [0.2, 0.25) is 0 Å². The van der Waals surface area contributed by atoms with Gasteiger partial charge in [-0.05, 0) is 44.9 Å². The lowest BCUT2D eigenvalue weighted by atomic mass is 10.1. The monoisotopic (exact) mass is 378 g/mol. The summed E-state index contributed by atoms with van der Waals surface area (Å²) in [6.45, 7) is 8.81. The van der Waals surface area contributed by atoms with E-state index in [-0.39, 0.29) is 5.97 Å². The Labute approximate surface area is 169 Å². The molecule has 0 heterocycles. The van der Waals surface area contributed by atoms with Gasteiger partial charge in [-0.25, -0.2) is 4.79 Å². The normalized spacial score (nSPS) is 12.3. The summed E-state index contributed by atoms with van der Waals surface area (Å²) in [6, 6.07) is 0. The van der Waals surface area contributed by atoms with Gasteiger partial charge in [0.05, 0.1) is 6.61 Å². The number of esters is 1. The Morgan fingerprint density at radius 2 is 1.26 bits per heavy atom. The highest BCUT2D eigenvalue weighted by atomic mass is 16.5. The van der Waals surface area contributed by atoms with E-state index in [1.165, 1.54) is 77.0 Å². The van der Waals surface area contributed by atoms with Crippen LogP contribution in [0.25, 0.3) is 0 Å². The molecule has 0 unspecified atom stereocenters. The molecule has 0 spiro atoms. The van der Waals surface area contributed by atoms with Crippen LogP contribution in [-0.4, -0.2) is 12.6 Å². The topological polar surface area (TPSA) is 26.3 Å². The largest absolute Gasteiger partial charge is 0.462 e. The molecule has 0 amide bonds. The molecule has 0 N–H and O–H groups in total. The maximum Gasteiger partial charge on any atom is 0.333 e. The molecule has 0 aromatic carbocycles. The number of hydrogen-bond acceptors (Lipinski definition) is 2. The van der Waals surface area contributed by atoms with E-state index in [1.807, 2.05) is 13.0 Å². The summed E-state index contributed by atoms with van der Waals surface area (Å²) in [5.74, 6) is 0.236. The van der Waals surface area contributed by atoms with Crippen molar-refractivity contribution in [3.8, 4) is 0 Å². The summed E-state index contributed by atoms with van der Waals surface area (Å²) >= 11 is 0. The van der Waals surface area contributed by atoms with E-state index in [1.54, 1.807) is 0 Å². The van der Waals surface area contributed by atoms with Gasteiger partial charge in [-0.15, -0.1) is 0 Å². The molecule has 158 valence electrons. The molecule has 0 aromatic heterocycles. The minimum atomic E-state index is -0.156. The Morgan fingerprint density at radius 1 is 0.778 bits per heavy atom. The molecule has 0 saturated carbocycles. The van der Waals surface area contributed by atoms with Crippen molar-refractivity contribution in [1.82, 2.24) is 0 Å². The van der Waals surface area contributed by atoms with Crippen LogP contribution in [0.1, 0.15) is 118 Å². The molecular formula is C25H46O2. The van der Waals surface area contributed by atoms with Crippen molar-refractivity contribution in [2.75, 3.05) is 6.61 Å². The lowest BCUT2D eigenvalue weighted by Gasteiger charge is -2.06. The molecule has 0 aromatic rings. The first kappa shape index (κ1) is 26.0. The van der Waals surface area contributed by atoms with E-state index in [9.17, 15) is 4.79 Å². The Bertz CT molecular complexity index is 393. The minimum absolute atomic E-state index is 0.156. The number of hydrogen-bond donors (Lipinski definition) is 0. The fourth-order valence-corrected chi connectivity index (χ4v) is 3.20. The number of carbonyl (C=O) groups excluding carboxylic acids is 1. The lowest BCUT2D eigenvalue weighted by molar-refractivity contribution is -0.139. The fraction of sp³-hybridized carbons (Fsp3) is 0.800. The smallest absolute Gasteiger partial charge is 0.333 e. The molecule has 27 heavy (non-hydrogen) atoms. The molecule has 0 bridgehead atoms. The SMILES string of the molecule is CCCCCCCC/C=C\CCCCCCCCOC(=O)C(C)=CC(C)C. The Hall–Kier alpha value is -1.05. The Morgan fingerprint density at radius 3 is 1.78 bits per heavy atom. The first-order chi connectivity index (χ1) is 13.1. The predicted molar refractivity (Wildman–Crippen MR) is 119 cm³/mol. The van der Waals surface area contributed by atoms with Crippen LogP contribution in [0.15, 0.2) is 23.8 Å². The average Bonchev–Trinajstić information content (AvgIpc) is 2.63. The van der Waals surface area contributed by atoms with Crippen LogP contribution in [0.3, 0.4) is 0 Å². The van der Waals surface area contributed by atoms with Crippen molar-refractivity contribution in [2.45, 2.75) is 118 Å². The van der Waals surface area contributed by atoms with E-state index in [0.29, 0.717) is 12.5 Å². The second-order valence-electron chi connectivity index (χ2n) is 8.17. The summed E-state index contributed by atoms with van der Waals surface area (Å²) in [5.41, 5.74) is 0.731. The summed E-state index contributed by atoms with van der Waals surface area (Å²) in [5, 5.41) is 0. The lowest BCUT2D eigenvalue weighted by Crippen LogP contribution is -2.07. The molecule has 0 saturated heterocycles. The van der Waals surface area contributed by atoms with Gasteiger partial charge in [0.15, 0.2) is 0 Å². The molecule has 0 aliphatic heterocycles. The third kappa shape index (κ3) is 19.5. The highest BCUT2D eigenvalue weighted by molar-refractivity contribution is 5.87. The summed E-state index contributed by atoms with van der Waals surface area (Å²) < 4.78 is 5.31. The molecule has 2 heteroatoms. The first-order valence-corrected chi connectivity index (χ1v) is 11.6. The van der Waals surface area contributed by atoms with Gasteiger partial charge >= 0.3 is 5.97 Å². The van der Waals surface area contributed by atoms with Gasteiger partial charge in [-0.2, -0.15) is 0 Å². The molecule has 0 rings (SSSR count). The van der Waals surface area contributed by atoms with Gasteiger partial charge in [0.1, 0.15) is 0 Å². The second-order valence-corrected chi connectivity index (χ2v) is 8.17. The van der Waals surface area contributed by atoms with Crippen LogP contribution in [-0.2, 0) is 9.53 Å². The average molecular weight is 379 g/mol. The zero-order valence-electron chi connectivity index (χ0n) is 18.7. The van der Waals surface area contributed by atoms with Crippen LogP contribution in [0.4, 0.5) is 0 Å². The number of rotatable bonds is 18. The van der Waals surface area contributed by atoms with Gasteiger partial charge in [0.25, 0.3) is 0 Å². The van der Waals surface area contributed by atoms with E-state index >= 15 is 0 Å². The number of unbranched alkanes of at least 4 members (excludes halogenated alkanes) is 12. The van der Waals surface area contributed by atoms with Crippen molar-refractivity contribution >= 4 is 5.97 Å². The van der Waals surface area contributed by atoms with E-state index in [2.05, 4.69) is 32.9 Å². The van der Waals surface area contributed by atoms with Gasteiger partial charge in [-0.3, -0.25) is 0 Å². The van der Waals surface area contributed by atoms with Crippen LogP contribution >= 0.6 is 0 Å². The second kappa shape index (κ2) is 19.7. The quantitative estimate of drug-likeness (QED) is 0.104. The van der Waals surface area contributed by atoms with Crippen molar-refractivity contribution in [2.24, 2.45) is 5.92 Å². The fourth-order valence-electron chi connectivity index (χ4n) is 3.20. The molecule has 2 nitrogen and oxygen atoms in total. The van der Waals surface area contributed by atoms with Crippen molar-refractivity contribution in [3.05, 3.63) is 23.8 Å². The maximum absolute atomic E-state index is 11.7. The highest BCUT2D eigenvalue weighted by Gasteiger charge is 2.05. The summed E-state index contributed by atoms with van der Waals surface area (Å²) in [6.07, 6.45) is 24.8. The van der Waals surface area contributed by atoms with Crippen LogP contribution < -0.4 is 0 Å². The van der Waals surface area contributed by atoms with Crippen molar-refractivity contribution in [3.63, 3.8) is 0 Å². The Balaban J connectivity index is 3.31. The number of carbonyl (C=O) groups is 1. The number of ether oxygens (including phenoxy) is 1. The molecule has 0 atom stereocenters. The zero-order valence-corrected chi connectivity index (χ0v) is 18.7. The van der Waals surface area contributed by atoms with Gasteiger partial charge in [-0.1, -0.05) is 96.8 Å². The third-order valence-corrected chi connectivity index (χ3v) is 4.79. The van der Waals surface area contributed by atoms with Gasteiger partial charge in [0, 0.05) is 5.57 Å². The number of allylic oxidation sites excluding steroid dienone is 3. The maximum atomic E-state index is 11.7. The highest BCUT2D eigenvalue weighted by Crippen LogP contribution is 2.10. The van der Waals surface area contributed by atoms with Crippen LogP contribution in [0.5, 0.6) is 0 Å². The summed E-state index contributed by atoms with van der Waals surface area (Å²) in [4.78, 5) is 11.7. The predicted octanol–water partition coefficient (Wildman–Crippen LogP) is 8.17. The van der Waals surface area contributed by atoms with E-state index < -0.39 is 0 Å². The van der Waals surface area contributed by atoms with Gasteiger partial charge < -0.3 is 4.74 Å². The summed E-state index contributed by atoms with van der Waals surface area (Å²) in [7, 11) is 0. The van der Waals surface area contributed by atoms with Crippen LogP contribution in [0, 0.1) is 5.92 Å². The zero-order chi connectivity index (χ0) is 20.2. The molecule has 0 radical (unpaired) electrons. The molecule has 0 aliphatic carbocycles. The minimum Gasteiger partial charge on any atom is -0.462 e. The van der Waals surface area contributed by atoms with Crippen molar-refractivity contribution in [1.29, 1.82) is 0 Å². The molecule has 0 aliphatic rings. The first-order valence-electron chi connectivity index (χ1n) is 11.6. The third-order valence-electron chi connectivity index (χ3n) is 4.79. The van der Waals surface area contributed by atoms with Gasteiger partial charge in [0.2, 0.25) is 0 Å². The molecular weight excluding hydrogens is 332 g/mol. The standard InChI is InChI=1S/C25H46O2/c1-5-6-7-8-9-10-11-12-13-14-15-16-17-18-19-20-21-27-25(26)24(4)22-23(2)3/h12-13,22-23H,5-11,14-21H2,1-4H3/b13-12-,24-22?. The van der Waals surface area contributed by atoms with E-state index in [0.717, 1.165) is 18.4 Å². The van der Waals surface area contributed by atoms with E-state index in [4.69, 9.17) is 4.74 Å².